The summed E-state index contributed by atoms with van der Waals surface area (Å²) in [7, 11) is 0. The highest BCUT2D eigenvalue weighted by molar-refractivity contribution is 7.12. The van der Waals surface area contributed by atoms with Gasteiger partial charge in [-0.3, -0.25) is 9.59 Å². The summed E-state index contributed by atoms with van der Waals surface area (Å²) in [4.78, 5) is 29.8. The Balaban J connectivity index is 1.31. The molecule has 5 nitrogen and oxygen atoms in total. The first kappa shape index (κ1) is 18.0. The molecule has 0 aromatic carbocycles. The quantitative estimate of drug-likeness (QED) is 0.814. The van der Waals surface area contributed by atoms with E-state index in [9.17, 15) is 9.59 Å². The average Bonchev–Trinajstić information content (AvgIpc) is 3.36. The summed E-state index contributed by atoms with van der Waals surface area (Å²) in [6.45, 7) is 4.13. The van der Waals surface area contributed by atoms with Gasteiger partial charge in [0.05, 0.1) is 10.5 Å². The monoisotopic (exact) mass is 376 g/mol. The molecule has 0 N–H and O–H groups in total. The molecule has 1 aromatic heterocycles. The van der Waals surface area contributed by atoms with E-state index in [1.807, 2.05) is 27.3 Å². The second kappa shape index (κ2) is 7.69. The first-order valence-corrected chi connectivity index (χ1v) is 10.8. The third-order valence-corrected chi connectivity index (χ3v) is 7.07. The summed E-state index contributed by atoms with van der Waals surface area (Å²) >= 11 is 1.51. The van der Waals surface area contributed by atoms with Crippen molar-refractivity contribution in [3.63, 3.8) is 0 Å². The van der Waals surface area contributed by atoms with Gasteiger partial charge in [-0.15, -0.1) is 11.3 Å². The van der Waals surface area contributed by atoms with E-state index in [4.69, 9.17) is 4.74 Å². The first-order valence-electron chi connectivity index (χ1n) is 9.90. The largest absolute Gasteiger partial charge is 0.375 e. The molecule has 3 saturated heterocycles. The van der Waals surface area contributed by atoms with Gasteiger partial charge in [-0.25, -0.2) is 0 Å². The summed E-state index contributed by atoms with van der Waals surface area (Å²) in [5, 5.41) is 1.95. The summed E-state index contributed by atoms with van der Waals surface area (Å²) in [5.74, 6) is 0.901. The molecule has 1 unspecified atom stereocenters. The second-order valence-electron chi connectivity index (χ2n) is 7.95. The SMILES string of the molecule is O=C(CC1CCOC2(CCN(C(=O)c3cccs3)CC2)C1)N1CCCC1. The molecule has 0 aliphatic carbocycles. The summed E-state index contributed by atoms with van der Waals surface area (Å²) in [6.07, 6.45) is 6.70. The number of rotatable bonds is 3. The zero-order valence-corrected chi connectivity index (χ0v) is 16.1. The predicted octanol–water partition coefficient (Wildman–Crippen LogP) is 3.16. The number of piperidine rings is 1. The van der Waals surface area contributed by atoms with Crippen LogP contribution in [0, 0.1) is 5.92 Å². The molecular formula is C20H28N2O3S. The fourth-order valence-corrected chi connectivity index (χ4v) is 5.36. The van der Waals surface area contributed by atoms with E-state index < -0.39 is 0 Å². The van der Waals surface area contributed by atoms with Crippen LogP contribution in [0.4, 0.5) is 0 Å². The Morgan fingerprint density at radius 3 is 2.62 bits per heavy atom. The number of carbonyl (C=O) groups excluding carboxylic acids is 2. The van der Waals surface area contributed by atoms with Crippen molar-refractivity contribution in [2.75, 3.05) is 32.8 Å². The van der Waals surface area contributed by atoms with Crippen molar-refractivity contribution in [1.82, 2.24) is 9.80 Å². The van der Waals surface area contributed by atoms with E-state index in [1.54, 1.807) is 0 Å². The Labute approximate surface area is 159 Å². The molecular weight excluding hydrogens is 348 g/mol. The van der Waals surface area contributed by atoms with E-state index in [-0.39, 0.29) is 11.5 Å². The smallest absolute Gasteiger partial charge is 0.263 e. The molecule has 4 heterocycles. The van der Waals surface area contributed by atoms with Crippen molar-refractivity contribution in [3.8, 4) is 0 Å². The molecule has 3 fully saturated rings. The minimum Gasteiger partial charge on any atom is -0.375 e. The number of carbonyl (C=O) groups is 2. The molecule has 1 atom stereocenters. The fourth-order valence-electron chi connectivity index (χ4n) is 4.67. The second-order valence-corrected chi connectivity index (χ2v) is 8.90. The third-order valence-electron chi connectivity index (χ3n) is 6.21. The van der Waals surface area contributed by atoms with Crippen LogP contribution in [0.5, 0.6) is 0 Å². The zero-order chi connectivity index (χ0) is 18.0. The maximum atomic E-state index is 12.5. The van der Waals surface area contributed by atoms with E-state index in [2.05, 4.69) is 0 Å². The van der Waals surface area contributed by atoms with Gasteiger partial charge < -0.3 is 14.5 Å². The number of thiophene rings is 1. The van der Waals surface area contributed by atoms with E-state index in [1.165, 1.54) is 11.3 Å². The molecule has 2 amide bonds. The normalized spacial score (nSPS) is 25.6. The number of amides is 2. The number of likely N-dealkylation sites (tertiary alicyclic amines) is 2. The fraction of sp³-hybridized carbons (Fsp3) is 0.700. The molecule has 3 aliphatic rings. The van der Waals surface area contributed by atoms with Crippen LogP contribution in [0.1, 0.15) is 54.6 Å². The van der Waals surface area contributed by atoms with E-state index in [0.717, 1.165) is 76.2 Å². The number of nitrogens with zero attached hydrogens (tertiary/aromatic N) is 2. The van der Waals surface area contributed by atoms with Gasteiger partial charge in [-0.1, -0.05) is 6.07 Å². The van der Waals surface area contributed by atoms with Crippen LogP contribution in [0.15, 0.2) is 17.5 Å². The van der Waals surface area contributed by atoms with Crippen molar-refractivity contribution < 1.29 is 14.3 Å². The third kappa shape index (κ3) is 3.81. The lowest BCUT2D eigenvalue weighted by atomic mass is 9.78. The Bertz CT molecular complexity index is 631. The average molecular weight is 377 g/mol. The molecule has 4 rings (SSSR count). The van der Waals surface area contributed by atoms with Gasteiger partial charge in [0.1, 0.15) is 0 Å². The highest BCUT2D eigenvalue weighted by atomic mass is 32.1. The molecule has 142 valence electrons. The topological polar surface area (TPSA) is 49.9 Å². The van der Waals surface area contributed by atoms with E-state index in [0.29, 0.717) is 18.2 Å². The van der Waals surface area contributed by atoms with Gasteiger partial charge in [0.25, 0.3) is 5.91 Å². The molecule has 3 aliphatic heterocycles. The summed E-state index contributed by atoms with van der Waals surface area (Å²) in [6, 6.07) is 3.82. The molecule has 1 spiro atoms. The molecule has 0 radical (unpaired) electrons. The Kier molecular flexibility index (Phi) is 5.32. The lowest BCUT2D eigenvalue weighted by Crippen LogP contribution is -2.51. The molecule has 0 bridgehead atoms. The highest BCUT2D eigenvalue weighted by Gasteiger charge is 2.42. The molecule has 1 aromatic rings. The van der Waals surface area contributed by atoms with Crippen LogP contribution in [0.2, 0.25) is 0 Å². The number of hydrogen-bond acceptors (Lipinski definition) is 4. The molecule has 26 heavy (non-hydrogen) atoms. The minimum absolute atomic E-state index is 0.125. The Morgan fingerprint density at radius 1 is 1.15 bits per heavy atom. The van der Waals surface area contributed by atoms with Gasteiger partial charge in [0, 0.05) is 39.2 Å². The lowest BCUT2D eigenvalue weighted by Gasteiger charge is -2.46. The van der Waals surface area contributed by atoms with Crippen molar-refractivity contribution in [3.05, 3.63) is 22.4 Å². The standard InChI is InChI=1S/C20H28N2O3S/c23-18(21-8-1-2-9-21)14-16-5-12-25-20(15-16)6-10-22(11-7-20)19(24)17-4-3-13-26-17/h3-4,13,16H,1-2,5-12,14-15H2. The lowest BCUT2D eigenvalue weighted by molar-refractivity contribution is -0.140. The van der Waals surface area contributed by atoms with Crippen molar-refractivity contribution in [2.24, 2.45) is 5.92 Å². The van der Waals surface area contributed by atoms with Crippen LogP contribution in [-0.4, -0.2) is 60.0 Å². The van der Waals surface area contributed by atoms with Crippen LogP contribution in [0.3, 0.4) is 0 Å². The van der Waals surface area contributed by atoms with Gasteiger partial charge in [-0.2, -0.15) is 0 Å². The zero-order valence-electron chi connectivity index (χ0n) is 15.3. The van der Waals surface area contributed by atoms with Crippen LogP contribution < -0.4 is 0 Å². The highest BCUT2D eigenvalue weighted by Crippen LogP contribution is 2.39. The van der Waals surface area contributed by atoms with Crippen LogP contribution >= 0.6 is 11.3 Å². The van der Waals surface area contributed by atoms with Gasteiger partial charge in [0.2, 0.25) is 5.91 Å². The number of hydrogen-bond donors (Lipinski definition) is 0. The van der Waals surface area contributed by atoms with Gasteiger partial charge >= 0.3 is 0 Å². The van der Waals surface area contributed by atoms with Crippen molar-refractivity contribution >= 4 is 23.2 Å². The molecule has 6 heteroatoms. The van der Waals surface area contributed by atoms with E-state index >= 15 is 0 Å². The van der Waals surface area contributed by atoms with Crippen molar-refractivity contribution in [2.45, 2.75) is 50.5 Å². The van der Waals surface area contributed by atoms with Gasteiger partial charge in [-0.05, 0) is 55.9 Å². The first-order chi connectivity index (χ1) is 12.7. The minimum atomic E-state index is -0.125. The van der Waals surface area contributed by atoms with Crippen LogP contribution in [-0.2, 0) is 9.53 Å². The predicted molar refractivity (Wildman–Crippen MR) is 101 cm³/mol. The number of ether oxygens (including phenoxy) is 1. The summed E-state index contributed by atoms with van der Waals surface area (Å²) < 4.78 is 6.20. The maximum absolute atomic E-state index is 12.5. The van der Waals surface area contributed by atoms with Crippen LogP contribution in [0.25, 0.3) is 0 Å². The van der Waals surface area contributed by atoms with Crippen molar-refractivity contribution in [1.29, 1.82) is 0 Å². The Morgan fingerprint density at radius 2 is 1.92 bits per heavy atom. The maximum Gasteiger partial charge on any atom is 0.263 e. The molecule has 0 saturated carbocycles. The Hall–Kier alpha value is -1.40. The van der Waals surface area contributed by atoms with Gasteiger partial charge in [0.15, 0.2) is 0 Å². The summed E-state index contributed by atoms with van der Waals surface area (Å²) in [5.41, 5.74) is -0.125.